The van der Waals surface area contributed by atoms with E-state index in [1.54, 1.807) is 13.0 Å². The molecule has 22 heavy (non-hydrogen) atoms. The van der Waals surface area contributed by atoms with Crippen molar-refractivity contribution in [3.8, 4) is 5.75 Å². The van der Waals surface area contributed by atoms with E-state index < -0.39 is 43.5 Å². The van der Waals surface area contributed by atoms with E-state index in [1.165, 1.54) is 12.1 Å². The molecule has 7 N–H and O–H groups in total. The number of nitrogens with one attached hydrogen (secondary N) is 1. The first-order chi connectivity index (χ1) is 10.3. The van der Waals surface area contributed by atoms with Crippen molar-refractivity contribution < 1.29 is 35.4 Å². The maximum absolute atomic E-state index is 11.9. The first kappa shape index (κ1) is 18.3. The highest BCUT2D eigenvalue weighted by Crippen LogP contribution is 2.17. The van der Waals surface area contributed by atoms with E-state index in [2.05, 4.69) is 5.32 Å². The van der Waals surface area contributed by atoms with Crippen LogP contribution < -0.4 is 5.32 Å². The number of hydrogen-bond donors (Lipinski definition) is 7. The van der Waals surface area contributed by atoms with Crippen LogP contribution in [0, 0.1) is 6.92 Å². The molecule has 1 amide bonds. The van der Waals surface area contributed by atoms with E-state index >= 15 is 0 Å². The van der Waals surface area contributed by atoms with Crippen molar-refractivity contribution >= 4 is 5.91 Å². The molecule has 4 atom stereocenters. The molecule has 1 rings (SSSR count). The number of carbonyl (C=O) groups is 1. The summed E-state index contributed by atoms with van der Waals surface area (Å²) in [5.41, 5.74) is 0.766. The lowest BCUT2D eigenvalue weighted by atomic mass is 10.0. The van der Waals surface area contributed by atoms with Gasteiger partial charge < -0.3 is 36.0 Å². The van der Waals surface area contributed by atoms with Gasteiger partial charge in [0.2, 0.25) is 0 Å². The Bertz CT molecular complexity index is 508. The van der Waals surface area contributed by atoms with Gasteiger partial charge in [-0.25, -0.2) is 0 Å². The number of hydrogen-bond acceptors (Lipinski definition) is 7. The molecule has 0 aromatic heterocycles. The smallest absolute Gasteiger partial charge is 0.255 e. The highest BCUT2D eigenvalue weighted by Gasteiger charge is 2.30. The van der Waals surface area contributed by atoms with Crippen LogP contribution in [0.25, 0.3) is 0 Å². The molecule has 8 heteroatoms. The van der Waals surface area contributed by atoms with Gasteiger partial charge in [-0.05, 0) is 19.1 Å². The van der Waals surface area contributed by atoms with Crippen LogP contribution in [0.15, 0.2) is 18.2 Å². The fraction of sp³-hybridized carbons (Fsp3) is 0.500. The number of benzene rings is 1. The minimum Gasteiger partial charge on any atom is -0.507 e. The van der Waals surface area contributed by atoms with E-state index in [9.17, 15) is 30.3 Å². The van der Waals surface area contributed by atoms with Gasteiger partial charge in [0.1, 0.15) is 24.1 Å². The van der Waals surface area contributed by atoms with E-state index in [1.807, 2.05) is 0 Å². The Kier molecular flexibility index (Phi) is 6.72. The molecule has 0 aliphatic heterocycles. The summed E-state index contributed by atoms with van der Waals surface area (Å²) in [7, 11) is 0. The summed E-state index contributed by atoms with van der Waals surface area (Å²) in [6, 6.07) is 4.44. The SMILES string of the molecule is Cc1ccc(O)c(C(=O)NCC(O)C(O)C(O)C(O)CO)c1. The van der Waals surface area contributed by atoms with Gasteiger partial charge in [0.25, 0.3) is 5.91 Å². The van der Waals surface area contributed by atoms with Gasteiger partial charge in [0, 0.05) is 6.54 Å². The van der Waals surface area contributed by atoms with Crippen LogP contribution in [0.4, 0.5) is 0 Å². The molecule has 0 aliphatic carbocycles. The molecule has 1 aromatic rings. The zero-order valence-electron chi connectivity index (χ0n) is 12.0. The van der Waals surface area contributed by atoms with Crippen molar-refractivity contribution in [2.24, 2.45) is 0 Å². The Labute approximate surface area is 127 Å². The number of carbonyl (C=O) groups excluding carboxylic acids is 1. The molecule has 0 saturated carbocycles. The van der Waals surface area contributed by atoms with Crippen LogP contribution >= 0.6 is 0 Å². The number of aromatic hydroxyl groups is 1. The maximum atomic E-state index is 11.9. The number of phenolic OH excluding ortho intramolecular Hbond substituents is 1. The second-order valence-electron chi connectivity index (χ2n) is 5.03. The Morgan fingerprint density at radius 3 is 2.32 bits per heavy atom. The number of aliphatic hydroxyl groups excluding tert-OH is 5. The average Bonchev–Trinajstić information content (AvgIpc) is 2.52. The van der Waals surface area contributed by atoms with Crippen molar-refractivity contribution in [1.29, 1.82) is 0 Å². The minimum atomic E-state index is -1.76. The molecule has 124 valence electrons. The Balaban J connectivity index is 2.61. The molecular formula is C14H21NO7. The van der Waals surface area contributed by atoms with Crippen molar-refractivity contribution in [3.63, 3.8) is 0 Å². The first-order valence-corrected chi connectivity index (χ1v) is 6.68. The standard InChI is InChI=1S/C14H21NO7/c1-7-2-3-9(17)8(4-7)14(22)15-5-10(18)12(20)13(21)11(19)6-16/h2-4,10-13,16-21H,5-6H2,1H3,(H,15,22). The lowest BCUT2D eigenvalue weighted by Crippen LogP contribution is -2.49. The predicted molar refractivity (Wildman–Crippen MR) is 76.3 cm³/mol. The number of rotatable bonds is 7. The summed E-state index contributed by atoms with van der Waals surface area (Å²) in [5, 5.41) is 58.4. The van der Waals surface area contributed by atoms with Crippen molar-refractivity contribution in [3.05, 3.63) is 29.3 Å². The fourth-order valence-electron chi connectivity index (χ4n) is 1.81. The Morgan fingerprint density at radius 1 is 1.14 bits per heavy atom. The largest absolute Gasteiger partial charge is 0.507 e. The summed E-state index contributed by atoms with van der Waals surface area (Å²) in [4.78, 5) is 11.9. The van der Waals surface area contributed by atoms with Crippen LogP contribution in [0.2, 0.25) is 0 Å². The van der Waals surface area contributed by atoms with Gasteiger partial charge in [-0.15, -0.1) is 0 Å². The monoisotopic (exact) mass is 315 g/mol. The van der Waals surface area contributed by atoms with Gasteiger partial charge in [-0.2, -0.15) is 0 Å². The molecule has 0 bridgehead atoms. The highest BCUT2D eigenvalue weighted by atomic mass is 16.4. The molecule has 1 aromatic carbocycles. The van der Waals surface area contributed by atoms with Gasteiger partial charge in [0.05, 0.1) is 18.3 Å². The summed E-state index contributed by atoms with van der Waals surface area (Å²) in [5.74, 6) is -0.890. The van der Waals surface area contributed by atoms with Gasteiger partial charge in [-0.1, -0.05) is 11.6 Å². The fourth-order valence-corrected chi connectivity index (χ4v) is 1.81. The van der Waals surface area contributed by atoms with Crippen molar-refractivity contribution in [2.75, 3.05) is 13.2 Å². The normalized spacial score (nSPS) is 16.6. The first-order valence-electron chi connectivity index (χ1n) is 6.68. The van der Waals surface area contributed by atoms with Gasteiger partial charge in [-0.3, -0.25) is 4.79 Å². The van der Waals surface area contributed by atoms with Crippen LogP contribution in [0.3, 0.4) is 0 Å². The van der Waals surface area contributed by atoms with E-state index in [-0.39, 0.29) is 11.3 Å². The third-order valence-corrected chi connectivity index (χ3v) is 3.19. The van der Waals surface area contributed by atoms with E-state index in [4.69, 9.17) is 5.11 Å². The maximum Gasteiger partial charge on any atom is 0.255 e. The lowest BCUT2D eigenvalue weighted by molar-refractivity contribution is -0.113. The van der Waals surface area contributed by atoms with Crippen molar-refractivity contribution in [1.82, 2.24) is 5.32 Å². The molecule has 0 spiro atoms. The van der Waals surface area contributed by atoms with Gasteiger partial charge in [0.15, 0.2) is 0 Å². The van der Waals surface area contributed by atoms with E-state index in [0.29, 0.717) is 0 Å². The third-order valence-electron chi connectivity index (χ3n) is 3.19. The summed E-state index contributed by atoms with van der Waals surface area (Å²) < 4.78 is 0. The average molecular weight is 315 g/mol. The highest BCUT2D eigenvalue weighted by molar-refractivity contribution is 5.97. The van der Waals surface area contributed by atoms with Crippen molar-refractivity contribution in [2.45, 2.75) is 31.3 Å². The Morgan fingerprint density at radius 2 is 1.73 bits per heavy atom. The number of aryl methyl sites for hydroxylation is 1. The second-order valence-corrected chi connectivity index (χ2v) is 5.03. The van der Waals surface area contributed by atoms with Gasteiger partial charge >= 0.3 is 0 Å². The van der Waals surface area contributed by atoms with Crippen LogP contribution in [-0.2, 0) is 0 Å². The zero-order chi connectivity index (χ0) is 16.9. The van der Waals surface area contributed by atoms with Crippen LogP contribution in [0.5, 0.6) is 5.75 Å². The molecular weight excluding hydrogens is 294 g/mol. The minimum absolute atomic E-state index is 0.0117. The molecule has 0 heterocycles. The molecule has 0 aliphatic rings. The van der Waals surface area contributed by atoms with E-state index in [0.717, 1.165) is 5.56 Å². The molecule has 0 radical (unpaired) electrons. The second kappa shape index (κ2) is 8.06. The number of aliphatic hydroxyl groups is 5. The quantitative estimate of drug-likeness (QED) is 0.303. The predicted octanol–water partition coefficient (Wildman–Crippen LogP) is -2.13. The topological polar surface area (TPSA) is 150 Å². The van der Waals surface area contributed by atoms with Crippen LogP contribution in [-0.4, -0.2) is 74.1 Å². The Hall–Kier alpha value is -1.71. The summed E-state index contributed by atoms with van der Waals surface area (Å²) in [6.07, 6.45) is -6.69. The molecule has 4 unspecified atom stereocenters. The summed E-state index contributed by atoms with van der Waals surface area (Å²) >= 11 is 0. The third kappa shape index (κ3) is 4.65. The zero-order valence-corrected chi connectivity index (χ0v) is 12.0. The van der Waals surface area contributed by atoms with Crippen LogP contribution in [0.1, 0.15) is 15.9 Å². The molecule has 0 saturated heterocycles. The summed E-state index contributed by atoms with van der Waals surface area (Å²) in [6.45, 7) is 0.540. The molecule has 0 fully saturated rings. The lowest BCUT2D eigenvalue weighted by Gasteiger charge is -2.25. The number of phenols is 1. The number of amides is 1. The molecule has 8 nitrogen and oxygen atoms in total.